The summed E-state index contributed by atoms with van der Waals surface area (Å²) in [6, 6.07) is 13.7. The van der Waals surface area contributed by atoms with E-state index >= 15 is 0 Å². The molecule has 1 atom stereocenters. The van der Waals surface area contributed by atoms with Gasteiger partial charge in [-0.3, -0.25) is 4.90 Å². The van der Waals surface area contributed by atoms with Gasteiger partial charge in [-0.05, 0) is 81.3 Å². The third-order valence-corrected chi connectivity index (χ3v) is 7.63. The van der Waals surface area contributed by atoms with Gasteiger partial charge in [0.15, 0.2) is 0 Å². The molecule has 7 heteroatoms. The van der Waals surface area contributed by atoms with Gasteiger partial charge < -0.3 is 15.6 Å². The second-order valence-electron chi connectivity index (χ2n) is 11.6. The third kappa shape index (κ3) is 5.37. The first kappa shape index (κ1) is 24.4. The number of H-pyrrole nitrogens is 1. The summed E-state index contributed by atoms with van der Waals surface area (Å²) in [6.45, 7) is 11.9. The Morgan fingerprint density at radius 1 is 1.16 bits per heavy atom. The van der Waals surface area contributed by atoms with Crippen molar-refractivity contribution in [1.29, 1.82) is 0 Å². The lowest BCUT2D eigenvalue weighted by Gasteiger charge is -2.42. The number of aromatic nitrogens is 3. The fourth-order valence-electron chi connectivity index (χ4n) is 5.86. The van der Waals surface area contributed by atoms with E-state index in [0.717, 1.165) is 47.5 Å². The zero-order chi connectivity index (χ0) is 25.7. The standard InChI is InChI=1S/C30H35ClN6/c1-18-5-8-24-25(13-32-27(24)9-18)28-26(31)14-33-29(35-28)34-23-11-20(10-22(12-23)21-6-7-21)16-37-15-19(2)36-30(3,4)17-37/h5,8-14,19,21,32,36H,6-7,15-17H2,1-4H3,(H,33,34,35). The number of piperazine rings is 1. The Balaban J connectivity index is 1.29. The Morgan fingerprint density at radius 3 is 2.78 bits per heavy atom. The first-order valence-corrected chi connectivity index (χ1v) is 13.6. The molecule has 2 aromatic carbocycles. The number of aryl methyl sites for hydroxylation is 1. The second-order valence-corrected chi connectivity index (χ2v) is 12.0. The molecule has 1 saturated carbocycles. The molecule has 1 aliphatic carbocycles. The number of halogens is 1. The first-order chi connectivity index (χ1) is 17.7. The number of anilines is 2. The number of aromatic amines is 1. The zero-order valence-corrected chi connectivity index (χ0v) is 22.8. The lowest BCUT2D eigenvalue weighted by Crippen LogP contribution is -2.60. The molecule has 0 bridgehead atoms. The number of fused-ring (bicyclic) bond motifs is 1. The van der Waals surface area contributed by atoms with Gasteiger partial charge in [-0.25, -0.2) is 9.97 Å². The van der Waals surface area contributed by atoms with E-state index < -0.39 is 0 Å². The van der Waals surface area contributed by atoms with Crippen LogP contribution in [0.5, 0.6) is 0 Å². The molecule has 6 rings (SSSR count). The van der Waals surface area contributed by atoms with Crippen LogP contribution < -0.4 is 10.6 Å². The van der Waals surface area contributed by atoms with Crippen LogP contribution in [0.3, 0.4) is 0 Å². The number of hydrogen-bond acceptors (Lipinski definition) is 5. The summed E-state index contributed by atoms with van der Waals surface area (Å²) in [4.78, 5) is 15.3. The van der Waals surface area contributed by atoms with Crippen LogP contribution in [0.4, 0.5) is 11.6 Å². The van der Waals surface area contributed by atoms with E-state index in [1.54, 1.807) is 6.20 Å². The Hall–Kier alpha value is -2.93. The minimum atomic E-state index is 0.113. The average molecular weight is 515 g/mol. The molecule has 2 aromatic heterocycles. The van der Waals surface area contributed by atoms with Crippen LogP contribution in [0, 0.1) is 6.92 Å². The monoisotopic (exact) mass is 514 g/mol. The van der Waals surface area contributed by atoms with Crippen LogP contribution >= 0.6 is 11.6 Å². The summed E-state index contributed by atoms with van der Waals surface area (Å²) in [7, 11) is 0. The van der Waals surface area contributed by atoms with E-state index in [1.807, 2.05) is 6.20 Å². The summed E-state index contributed by atoms with van der Waals surface area (Å²) in [5.41, 5.74) is 7.87. The average Bonchev–Trinajstić information content (AvgIpc) is 3.59. The van der Waals surface area contributed by atoms with Crippen molar-refractivity contribution in [3.05, 3.63) is 70.5 Å². The second kappa shape index (κ2) is 9.43. The molecule has 0 amide bonds. The molecule has 3 N–H and O–H groups in total. The molecular formula is C30H35ClN6. The minimum Gasteiger partial charge on any atom is -0.360 e. The van der Waals surface area contributed by atoms with E-state index in [4.69, 9.17) is 16.6 Å². The van der Waals surface area contributed by atoms with Crippen molar-refractivity contribution in [2.75, 3.05) is 18.4 Å². The van der Waals surface area contributed by atoms with Crippen LogP contribution in [-0.2, 0) is 6.54 Å². The molecule has 37 heavy (non-hydrogen) atoms. The van der Waals surface area contributed by atoms with Crippen molar-refractivity contribution < 1.29 is 0 Å². The molecule has 1 unspecified atom stereocenters. The van der Waals surface area contributed by atoms with Gasteiger partial charge in [-0.1, -0.05) is 29.8 Å². The Labute approximate surface area is 223 Å². The molecule has 2 fully saturated rings. The van der Waals surface area contributed by atoms with Crippen LogP contribution in [-0.4, -0.2) is 44.5 Å². The van der Waals surface area contributed by atoms with Gasteiger partial charge in [-0.2, -0.15) is 0 Å². The molecule has 1 aliphatic heterocycles. The maximum absolute atomic E-state index is 6.59. The molecule has 0 radical (unpaired) electrons. The molecule has 2 aliphatic rings. The van der Waals surface area contributed by atoms with Crippen molar-refractivity contribution >= 4 is 34.1 Å². The lowest BCUT2D eigenvalue weighted by atomic mass is 9.98. The van der Waals surface area contributed by atoms with E-state index in [0.29, 0.717) is 22.9 Å². The summed E-state index contributed by atoms with van der Waals surface area (Å²) in [5, 5.41) is 8.84. The molecule has 0 spiro atoms. The zero-order valence-electron chi connectivity index (χ0n) is 22.0. The van der Waals surface area contributed by atoms with Gasteiger partial charge in [0.05, 0.1) is 16.9 Å². The lowest BCUT2D eigenvalue weighted by molar-refractivity contribution is 0.117. The molecule has 3 heterocycles. The fourth-order valence-corrected chi connectivity index (χ4v) is 6.06. The maximum atomic E-state index is 6.59. The van der Waals surface area contributed by atoms with E-state index in [-0.39, 0.29) is 5.54 Å². The normalized spacial score (nSPS) is 19.9. The SMILES string of the molecule is Cc1ccc2c(-c3nc(Nc4cc(CN5CC(C)NC(C)(C)C5)cc(C5CC5)c4)ncc3Cl)c[nH]c2c1. The number of benzene rings is 2. The van der Waals surface area contributed by atoms with Crippen LogP contribution in [0.25, 0.3) is 22.2 Å². The van der Waals surface area contributed by atoms with Crippen LogP contribution in [0.1, 0.15) is 56.2 Å². The predicted molar refractivity (Wildman–Crippen MR) is 153 cm³/mol. The Morgan fingerprint density at radius 2 is 2.00 bits per heavy atom. The predicted octanol–water partition coefficient (Wildman–Crippen LogP) is 6.78. The third-order valence-electron chi connectivity index (χ3n) is 7.35. The van der Waals surface area contributed by atoms with Gasteiger partial charge in [0.2, 0.25) is 5.95 Å². The highest BCUT2D eigenvalue weighted by atomic mass is 35.5. The number of nitrogens with zero attached hydrogens (tertiary/aromatic N) is 3. The number of hydrogen-bond donors (Lipinski definition) is 3. The molecule has 192 valence electrons. The number of rotatable bonds is 6. The highest BCUT2D eigenvalue weighted by Gasteiger charge is 2.30. The van der Waals surface area contributed by atoms with Gasteiger partial charge in [-0.15, -0.1) is 0 Å². The Kier molecular flexibility index (Phi) is 6.22. The summed E-state index contributed by atoms with van der Waals surface area (Å²) in [5.74, 6) is 1.21. The van der Waals surface area contributed by atoms with Crippen molar-refractivity contribution in [3.8, 4) is 11.3 Å². The largest absolute Gasteiger partial charge is 0.360 e. The molecular weight excluding hydrogens is 480 g/mol. The smallest absolute Gasteiger partial charge is 0.227 e. The summed E-state index contributed by atoms with van der Waals surface area (Å²) >= 11 is 6.59. The van der Waals surface area contributed by atoms with E-state index in [2.05, 4.69) is 89.6 Å². The summed E-state index contributed by atoms with van der Waals surface area (Å²) in [6.07, 6.45) is 6.20. The Bertz CT molecular complexity index is 1450. The quantitative estimate of drug-likeness (QED) is 0.264. The van der Waals surface area contributed by atoms with Crippen molar-refractivity contribution in [1.82, 2.24) is 25.2 Å². The summed E-state index contributed by atoms with van der Waals surface area (Å²) < 4.78 is 0. The van der Waals surface area contributed by atoms with Gasteiger partial charge >= 0.3 is 0 Å². The van der Waals surface area contributed by atoms with Crippen LogP contribution in [0.2, 0.25) is 5.02 Å². The highest BCUT2D eigenvalue weighted by Crippen LogP contribution is 2.42. The van der Waals surface area contributed by atoms with Gasteiger partial charge in [0.25, 0.3) is 0 Å². The van der Waals surface area contributed by atoms with Gasteiger partial charge in [0, 0.05) is 59.6 Å². The van der Waals surface area contributed by atoms with Crippen LogP contribution in [0.15, 0.2) is 48.8 Å². The minimum absolute atomic E-state index is 0.113. The van der Waals surface area contributed by atoms with E-state index in [1.165, 1.54) is 29.5 Å². The van der Waals surface area contributed by atoms with Crippen molar-refractivity contribution in [3.63, 3.8) is 0 Å². The van der Waals surface area contributed by atoms with Crippen molar-refractivity contribution in [2.45, 2.75) is 64.6 Å². The topological polar surface area (TPSA) is 68.9 Å². The van der Waals surface area contributed by atoms with E-state index in [9.17, 15) is 0 Å². The number of nitrogens with one attached hydrogen (secondary N) is 3. The molecule has 1 saturated heterocycles. The molecule has 4 aromatic rings. The maximum Gasteiger partial charge on any atom is 0.227 e. The highest BCUT2D eigenvalue weighted by molar-refractivity contribution is 6.33. The van der Waals surface area contributed by atoms with Crippen molar-refractivity contribution in [2.24, 2.45) is 0 Å². The van der Waals surface area contributed by atoms with Gasteiger partial charge in [0.1, 0.15) is 0 Å². The fraction of sp³-hybridized carbons (Fsp3) is 0.400. The first-order valence-electron chi connectivity index (χ1n) is 13.2. The molecule has 6 nitrogen and oxygen atoms in total.